The molecule has 0 saturated carbocycles. The fraction of sp³-hybridized carbons (Fsp3) is 0.400. The molecule has 114 valence electrons. The van der Waals surface area contributed by atoms with Gasteiger partial charge in [-0.25, -0.2) is 0 Å². The van der Waals surface area contributed by atoms with Crippen LogP contribution in [0.2, 0.25) is 0 Å². The Balaban J connectivity index is 0.00000161. The summed E-state index contributed by atoms with van der Waals surface area (Å²) in [6.07, 6.45) is 7.49. The summed E-state index contributed by atoms with van der Waals surface area (Å²) in [6.45, 7) is 2.10. The van der Waals surface area contributed by atoms with Crippen LogP contribution in [0.4, 0.5) is 5.69 Å². The number of nitrogens with zero attached hydrogens (tertiary/aromatic N) is 1. The molecule has 0 spiro atoms. The average Bonchev–Trinajstić information content (AvgIpc) is 2.48. The molecular weight excluding hydrogens is 306 g/mol. The number of benzene rings is 1. The van der Waals surface area contributed by atoms with E-state index in [1.165, 1.54) is 0 Å². The highest BCUT2D eigenvalue weighted by Gasteiger charge is 2.18. The van der Waals surface area contributed by atoms with Crippen molar-refractivity contribution in [3.05, 3.63) is 30.6 Å². The Labute approximate surface area is 134 Å². The van der Waals surface area contributed by atoms with Crippen LogP contribution in [-0.2, 0) is 11.2 Å². The molecule has 1 aliphatic rings. The number of hydrogen-bond donors (Lipinski definition) is 2. The summed E-state index contributed by atoms with van der Waals surface area (Å²) in [5.74, 6) is 0. The number of fused-ring (bicyclic) bond motifs is 1. The molecule has 0 aliphatic carbocycles. The highest BCUT2D eigenvalue weighted by atomic mass is 35.5. The summed E-state index contributed by atoms with van der Waals surface area (Å²) in [6, 6.07) is 6.59. The van der Waals surface area contributed by atoms with Gasteiger partial charge in [-0.2, -0.15) is 0 Å². The van der Waals surface area contributed by atoms with Crippen LogP contribution in [0.25, 0.3) is 10.8 Å². The second-order valence-electron chi connectivity index (χ2n) is 5.16. The van der Waals surface area contributed by atoms with Crippen LogP contribution in [-0.4, -0.2) is 34.9 Å². The van der Waals surface area contributed by atoms with E-state index in [1.807, 2.05) is 18.3 Å². The van der Waals surface area contributed by atoms with Crippen molar-refractivity contribution in [3.8, 4) is 0 Å². The molecule has 0 bridgehead atoms. The van der Waals surface area contributed by atoms with Crippen molar-refractivity contribution in [3.63, 3.8) is 0 Å². The zero-order valence-electron chi connectivity index (χ0n) is 12.0. The van der Waals surface area contributed by atoms with Gasteiger partial charge in [0.2, 0.25) is 0 Å². The van der Waals surface area contributed by atoms with Crippen LogP contribution in [0.5, 0.6) is 0 Å². The summed E-state index contributed by atoms with van der Waals surface area (Å²) in [5.41, 5.74) is 1.07. The van der Waals surface area contributed by atoms with E-state index < -0.39 is 11.2 Å². The Morgan fingerprint density at radius 2 is 2.05 bits per heavy atom. The van der Waals surface area contributed by atoms with Gasteiger partial charge in [0.05, 0.1) is 11.6 Å². The van der Waals surface area contributed by atoms with Crippen LogP contribution in [0.1, 0.15) is 12.8 Å². The Morgan fingerprint density at radius 1 is 1.29 bits per heavy atom. The first-order valence-corrected chi connectivity index (χ1v) is 8.49. The highest BCUT2D eigenvalue weighted by molar-refractivity contribution is 7.91. The Bertz CT molecular complexity index is 597. The molecule has 1 aromatic carbocycles. The zero-order valence-corrected chi connectivity index (χ0v) is 13.6. The van der Waals surface area contributed by atoms with Crippen molar-refractivity contribution in [1.82, 2.24) is 10.3 Å². The van der Waals surface area contributed by atoms with Gasteiger partial charge in [0, 0.05) is 23.3 Å². The van der Waals surface area contributed by atoms with E-state index in [0.717, 1.165) is 47.3 Å². The van der Waals surface area contributed by atoms with Crippen molar-refractivity contribution in [1.29, 1.82) is 0 Å². The number of piperidine rings is 1. The molecule has 1 unspecified atom stereocenters. The van der Waals surface area contributed by atoms with Crippen LogP contribution in [0.3, 0.4) is 0 Å². The van der Waals surface area contributed by atoms with E-state index in [1.54, 1.807) is 12.5 Å². The van der Waals surface area contributed by atoms with Crippen molar-refractivity contribution in [2.24, 2.45) is 0 Å². The largest absolute Gasteiger partial charge is 0.612 e. The third-order valence-corrected chi connectivity index (χ3v) is 4.69. The number of hydrogen-bond acceptors (Lipinski definition) is 4. The molecule has 4 nitrogen and oxygen atoms in total. The van der Waals surface area contributed by atoms with Crippen LogP contribution >= 0.6 is 12.4 Å². The van der Waals surface area contributed by atoms with Crippen LogP contribution in [0.15, 0.2) is 35.5 Å². The van der Waals surface area contributed by atoms with E-state index in [-0.39, 0.29) is 12.4 Å². The first-order chi connectivity index (χ1) is 9.75. The van der Waals surface area contributed by atoms with Gasteiger partial charge in [-0.3, -0.25) is 4.98 Å². The summed E-state index contributed by atoms with van der Waals surface area (Å²) in [4.78, 5) is 5.00. The average molecular weight is 326 g/mol. The molecule has 2 heterocycles. The first kappa shape index (κ1) is 16.4. The van der Waals surface area contributed by atoms with Crippen molar-refractivity contribution >= 4 is 40.0 Å². The molecule has 21 heavy (non-hydrogen) atoms. The minimum Gasteiger partial charge on any atom is -0.612 e. The number of pyridine rings is 1. The van der Waals surface area contributed by atoms with Gasteiger partial charge in [0.15, 0.2) is 4.90 Å². The second kappa shape index (κ2) is 7.31. The molecule has 1 aromatic heterocycles. The zero-order chi connectivity index (χ0) is 13.9. The van der Waals surface area contributed by atoms with Gasteiger partial charge >= 0.3 is 0 Å². The maximum Gasteiger partial charge on any atom is 0.180 e. The predicted octanol–water partition coefficient (Wildman–Crippen LogP) is 2.56. The number of nitrogens with one attached hydrogen (secondary N) is 2. The number of aromatic nitrogens is 1. The molecule has 2 aromatic rings. The van der Waals surface area contributed by atoms with Gasteiger partial charge in [-0.15, -0.1) is 12.4 Å². The van der Waals surface area contributed by atoms with E-state index in [4.69, 9.17) is 0 Å². The molecule has 1 saturated heterocycles. The van der Waals surface area contributed by atoms with Gasteiger partial charge < -0.3 is 15.2 Å². The maximum atomic E-state index is 11.9. The van der Waals surface area contributed by atoms with Crippen molar-refractivity contribution in [2.45, 2.75) is 23.8 Å². The fourth-order valence-corrected chi connectivity index (χ4v) is 3.45. The lowest BCUT2D eigenvalue weighted by molar-refractivity contribution is 0.479. The first-order valence-electron chi connectivity index (χ1n) is 6.93. The topological polar surface area (TPSA) is 60.0 Å². The molecular formula is C15H20ClN3OS. The van der Waals surface area contributed by atoms with E-state index in [2.05, 4.69) is 21.7 Å². The summed E-state index contributed by atoms with van der Waals surface area (Å²) in [7, 11) is 0. The number of rotatable bonds is 3. The SMILES string of the molecule is C[S+]([O-])c1cncc2cccc(NC3CCNCC3)c12.Cl. The lowest BCUT2D eigenvalue weighted by atomic mass is 10.0. The van der Waals surface area contributed by atoms with Gasteiger partial charge in [-0.05, 0) is 43.2 Å². The maximum absolute atomic E-state index is 11.9. The monoisotopic (exact) mass is 325 g/mol. The van der Waals surface area contributed by atoms with E-state index >= 15 is 0 Å². The number of anilines is 1. The van der Waals surface area contributed by atoms with Gasteiger partial charge in [-0.1, -0.05) is 12.1 Å². The summed E-state index contributed by atoms with van der Waals surface area (Å²) >= 11 is -1.04. The second-order valence-corrected chi connectivity index (χ2v) is 6.51. The van der Waals surface area contributed by atoms with E-state index in [9.17, 15) is 4.55 Å². The molecule has 0 amide bonds. The molecule has 0 radical (unpaired) electrons. The minimum absolute atomic E-state index is 0. The third-order valence-electron chi connectivity index (χ3n) is 3.76. The smallest absolute Gasteiger partial charge is 0.180 e. The standard InChI is InChI=1S/C15H19N3OS.ClH/c1-20(19)14-10-17-9-11-3-2-4-13(15(11)14)18-12-5-7-16-8-6-12;/h2-4,9-10,12,16,18H,5-8H2,1H3;1H. The van der Waals surface area contributed by atoms with E-state index in [0.29, 0.717) is 6.04 Å². The summed E-state index contributed by atoms with van der Waals surface area (Å²) < 4.78 is 11.9. The lowest BCUT2D eigenvalue weighted by Crippen LogP contribution is -2.35. The molecule has 1 aliphatic heterocycles. The third kappa shape index (κ3) is 3.61. The Morgan fingerprint density at radius 3 is 2.76 bits per heavy atom. The molecule has 6 heteroatoms. The fourth-order valence-electron chi connectivity index (χ4n) is 2.73. The minimum atomic E-state index is -1.04. The Kier molecular flexibility index (Phi) is 5.70. The quantitative estimate of drug-likeness (QED) is 0.851. The van der Waals surface area contributed by atoms with Crippen molar-refractivity contribution in [2.75, 3.05) is 24.7 Å². The van der Waals surface area contributed by atoms with Crippen molar-refractivity contribution < 1.29 is 4.55 Å². The molecule has 1 atom stereocenters. The Hall–Kier alpha value is -1.01. The van der Waals surface area contributed by atoms with Gasteiger partial charge in [0.25, 0.3) is 0 Å². The van der Waals surface area contributed by atoms with Crippen LogP contribution in [0, 0.1) is 0 Å². The molecule has 3 rings (SSSR count). The number of halogens is 1. The van der Waals surface area contributed by atoms with Crippen LogP contribution < -0.4 is 10.6 Å². The predicted molar refractivity (Wildman–Crippen MR) is 90.8 cm³/mol. The lowest BCUT2D eigenvalue weighted by Gasteiger charge is -2.25. The molecule has 1 fully saturated rings. The summed E-state index contributed by atoms with van der Waals surface area (Å²) in [5, 5.41) is 9.07. The van der Waals surface area contributed by atoms with Gasteiger partial charge in [0.1, 0.15) is 6.26 Å². The highest BCUT2D eigenvalue weighted by Crippen LogP contribution is 2.30. The molecule has 2 N–H and O–H groups in total. The normalized spacial score (nSPS) is 17.2.